The minimum atomic E-state index is -0.0163. The fourth-order valence-electron chi connectivity index (χ4n) is 3.05. The molecule has 0 saturated carbocycles. The van der Waals surface area contributed by atoms with Crippen LogP contribution in [0.15, 0.2) is 47.0 Å². The number of rotatable bonds is 6. The average molecular weight is 414 g/mol. The van der Waals surface area contributed by atoms with Crippen LogP contribution in [0.4, 0.5) is 0 Å². The monoisotopic (exact) mass is 413 g/mol. The highest BCUT2D eigenvalue weighted by Crippen LogP contribution is 2.31. The van der Waals surface area contributed by atoms with Gasteiger partial charge in [0.05, 0.1) is 11.6 Å². The van der Waals surface area contributed by atoms with Crippen molar-refractivity contribution in [2.24, 2.45) is 0 Å². The average Bonchev–Trinajstić information content (AvgIpc) is 3.20. The molecule has 150 valence electrons. The third kappa shape index (κ3) is 4.51. The predicted molar refractivity (Wildman–Crippen MR) is 107 cm³/mol. The Morgan fingerprint density at radius 1 is 1.14 bits per heavy atom. The summed E-state index contributed by atoms with van der Waals surface area (Å²) in [5, 5.41) is 4.50. The highest BCUT2D eigenvalue weighted by molar-refractivity contribution is 6.33. The predicted octanol–water partition coefficient (Wildman–Crippen LogP) is 3.75. The van der Waals surface area contributed by atoms with E-state index in [0.29, 0.717) is 48.4 Å². The van der Waals surface area contributed by atoms with Crippen LogP contribution in [0, 0.1) is 0 Å². The molecule has 1 aromatic heterocycles. The molecule has 0 bridgehead atoms. The number of carbonyl (C=O) groups is 1. The van der Waals surface area contributed by atoms with E-state index in [4.69, 9.17) is 25.6 Å². The summed E-state index contributed by atoms with van der Waals surface area (Å²) in [5.41, 5.74) is 1.71. The third-order valence-electron chi connectivity index (χ3n) is 4.62. The first-order chi connectivity index (χ1) is 14.1. The standard InChI is InChI=1S/C21H20ClN3O4/c1-25(13-19-23-21(24-29-19)15-4-2-3-5-16(15)22)20(26)9-7-14-6-8-17-18(12-14)28-11-10-27-17/h2-6,8,12H,7,9-11,13H2,1H3. The Morgan fingerprint density at radius 2 is 1.93 bits per heavy atom. The van der Waals surface area contributed by atoms with Gasteiger partial charge in [-0.25, -0.2) is 0 Å². The van der Waals surface area contributed by atoms with Crippen molar-refractivity contribution in [3.8, 4) is 22.9 Å². The molecule has 0 saturated heterocycles. The van der Waals surface area contributed by atoms with E-state index in [1.165, 1.54) is 0 Å². The van der Waals surface area contributed by atoms with E-state index >= 15 is 0 Å². The summed E-state index contributed by atoms with van der Waals surface area (Å²) >= 11 is 6.16. The Balaban J connectivity index is 1.34. The van der Waals surface area contributed by atoms with E-state index in [0.717, 1.165) is 17.1 Å². The topological polar surface area (TPSA) is 77.7 Å². The van der Waals surface area contributed by atoms with Crippen LogP contribution in [0.5, 0.6) is 11.5 Å². The summed E-state index contributed by atoms with van der Waals surface area (Å²) in [4.78, 5) is 18.4. The minimum Gasteiger partial charge on any atom is -0.486 e. The number of carbonyl (C=O) groups excluding carboxylic acids is 1. The van der Waals surface area contributed by atoms with E-state index in [1.54, 1.807) is 18.0 Å². The van der Waals surface area contributed by atoms with Crippen molar-refractivity contribution in [2.75, 3.05) is 20.3 Å². The van der Waals surface area contributed by atoms with Crippen LogP contribution in [0.25, 0.3) is 11.4 Å². The van der Waals surface area contributed by atoms with Gasteiger partial charge in [0.2, 0.25) is 17.6 Å². The molecule has 2 heterocycles. The van der Waals surface area contributed by atoms with Gasteiger partial charge < -0.3 is 18.9 Å². The maximum Gasteiger partial charge on any atom is 0.246 e. The first-order valence-electron chi connectivity index (χ1n) is 9.30. The van der Waals surface area contributed by atoms with Gasteiger partial charge in [-0.2, -0.15) is 4.98 Å². The lowest BCUT2D eigenvalue weighted by atomic mass is 10.1. The van der Waals surface area contributed by atoms with Crippen LogP contribution >= 0.6 is 11.6 Å². The first kappa shape index (κ1) is 19.3. The highest BCUT2D eigenvalue weighted by Gasteiger charge is 2.17. The molecule has 0 radical (unpaired) electrons. The Bertz CT molecular complexity index is 1020. The molecule has 0 unspecified atom stereocenters. The second-order valence-corrected chi connectivity index (χ2v) is 7.13. The summed E-state index contributed by atoms with van der Waals surface area (Å²) in [7, 11) is 1.71. The Kier molecular flexibility index (Phi) is 5.67. The van der Waals surface area contributed by atoms with Crippen molar-refractivity contribution >= 4 is 17.5 Å². The van der Waals surface area contributed by atoms with E-state index in [9.17, 15) is 4.79 Å². The van der Waals surface area contributed by atoms with Gasteiger partial charge in [0.25, 0.3) is 0 Å². The smallest absolute Gasteiger partial charge is 0.246 e. The van der Waals surface area contributed by atoms with Gasteiger partial charge in [-0.3, -0.25) is 4.79 Å². The molecule has 0 spiro atoms. The third-order valence-corrected chi connectivity index (χ3v) is 4.94. The van der Waals surface area contributed by atoms with Crippen LogP contribution in [0.1, 0.15) is 17.9 Å². The van der Waals surface area contributed by atoms with Crippen LogP contribution in [-0.2, 0) is 17.8 Å². The molecule has 7 nitrogen and oxygen atoms in total. The van der Waals surface area contributed by atoms with Crippen molar-refractivity contribution in [1.29, 1.82) is 0 Å². The number of nitrogens with zero attached hydrogens (tertiary/aromatic N) is 3. The summed E-state index contributed by atoms with van der Waals surface area (Å²) < 4.78 is 16.4. The Hall–Kier alpha value is -3.06. The van der Waals surface area contributed by atoms with Gasteiger partial charge >= 0.3 is 0 Å². The lowest BCUT2D eigenvalue weighted by Gasteiger charge is -2.19. The Morgan fingerprint density at radius 3 is 2.76 bits per heavy atom. The molecule has 1 aliphatic heterocycles. The van der Waals surface area contributed by atoms with Crippen LogP contribution in [0.2, 0.25) is 5.02 Å². The van der Waals surface area contributed by atoms with E-state index in [1.807, 2.05) is 36.4 Å². The highest BCUT2D eigenvalue weighted by atomic mass is 35.5. The Labute approximate surface area is 173 Å². The van der Waals surface area contributed by atoms with Crippen molar-refractivity contribution < 1.29 is 18.8 Å². The summed E-state index contributed by atoms with van der Waals surface area (Å²) in [6.07, 6.45) is 0.968. The van der Waals surface area contributed by atoms with Gasteiger partial charge in [0.15, 0.2) is 11.5 Å². The van der Waals surface area contributed by atoms with Crippen molar-refractivity contribution in [3.05, 3.63) is 58.9 Å². The second-order valence-electron chi connectivity index (χ2n) is 6.72. The molecule has 3 aromatic rings. The largest absolute Gasteiger partial charge is 0.486 e. The molecule has 4 rings (SSSR count). The van der Waals surface area contributed by atoms with Crippen molar-refractivity contribution in [2.45, 2.75) is 19.4 Å². The molecule has 8 heteroatoms. The number of aromatic nitrogens is 2. The maximum atomic E-state index is 12.5. The number of amides is 1. The summed E-state index contributed by atoms with van der Waals surface area (Å²) in [6.45, 7) is 1.33. The number of fused-ring (bicyclic) bond motifs is 1. The van der Waals surface area contributed by atoms with E-state index in [2.05, 4.69) is 10.1 Å². The fraction of sp³-hybridized carbons (Fsp3) is 0.286. The SMILES string of the molecule is CN(Cc1nc(-c2ccccc2Cl)no1)C(=O)CCc1ccc2c(c1)OCCO2. The maximum absolute atomic E-state index is 12.5. The molecule has 0 atom stereocenters. The number of halogens is 1. The molecule has 29 heavy (non-hydrogen) atoms. The van der Waals surface area contributed by atoms with Gasteiger partial charge in [0.1, 0.15) is 13.2 Å². The van der Waals surface area contributed by atoms with Gasteiger partial charge in [0, 0.05) is 19.0 Å². The van der Waals surface area contributed by atoms with E-state index < -0.39 is 0 Å². The number of hydrogen-bond donors (Lipinski definition) is 0. The lowest BCUT2D eigenvalue weighted by molar-refractivity contribution is -0.130. The van der Waals surface area contributed by atoms with Crippen molar-refractivity contribution in [3.63, 3.8) is 0 Å². The zero-order valence-corrected chi connectivity index (χ0v) is 16.7. The quantitative estimate of drug-likeness (QED) is 0.612. The van der Waals surface area contributed by atoms with Gasteiger partial charge in [-0.1, -0.05) is 35.0 Å². The number of aryl methyl sites for hydroxylation is 1. The summed E-state index contributed by atoms with van der Waals surface area (Å²) in [5.74, 6) is 2.22. The molecular formula is C21H20ClN3O4. The molecule has 2 aromatic carbocycles. The molecule has 0 N–H and O–H groups in total. The molecular weight excluding hydrogens is 394 g/mol. The summed E-state index contributed by atoms with van der Waals surface area (Å²) in [6, 6.07) is 13.0. The molecule has 0 aliphatic carbocycles. The number of benzene rings is 2. The molecule has 0 fully saturated rings. The van der Waals surface area contributed by atoms with Gasteiger partial charge in [-0.15, -0.1) is 0 Å². The zero-order valence-electron chi connectivity index (χ0n) is 15.9. The number of ether oxygens (including phenoxy) is 2. The lowest BCUT2D eigenvalue weighted by Crippen LogP contribution is -2.26. The van der Waals surface area contributed by atoms with Crippen LogP contribution in [-0.4, -0.2) is 41.2 Å². The van der Waals surface area contributed by atoms with E-state index in [-0.39, 0.29) is 12.5 Å². The second kappa shape index (κ2) is 8.53. The first-order valence-corrected chi connectivity index (χ1v) is 9.68. The van der Waals surface area contributed by atoms with Crippen LogP contribution in [0.3, 0.4) is 0 Å². The normalized spacial score (nSPS) is 12.6. The number of hydrogen-bond acceptors (Lipinski definition) is 6. The van der Waals surface area contributed by atoms with Crippen LogP contribution < -0.4 is 9.47 Å². The molecule has 1 aliphatic rings. The zero-order chi connectivity index (χ0) is 20.2. The minimum absolute atomic E-state index is 0.0163. The van der Waals surface area contributed by atoms with Crippen molar-refractivity contribution in [1.82, 2.24) is 15.0 Å². The fourth-order valence-corrected chi connectivity index (χ4v) is 3.27. The molecule has 1 amide bonds. The van der Waals surface area contributed by atoms with Gasteiger partial charge in [-0.05, 0) is 36.2 Å².